The summed E-state index contributed by atoms with van der Waals surface area (Å²) in [6.07, 6.45) is -0.0578. The van der Waals surface area contributed by atoms with E-state index in [1.807, 2.05) is 30.3 Å². The Bertz CT molecular complexity index is 1060. The van der Waals surface area contributed by atoms with Crippen molar-refractivity contribution in [3.63, 3.8) is 0 Å². The van der Waals surface area contributed by atoms with Gasteiger partial charge in [0.25, 0.3) is 5.91 Å². The van der Waals surface area contributed by atoms with E-state index < -0.39 is 5.97 Å². The number of ether oxygens (including phenoxy) is 1. The van der Waals surface area contributed by atoms with Crippen LogP contribution in [-0.4, -0.2) is 17.0 Å². The first kappa shape index (κ1) is 19.0. The first-order chi connectivity index (χ1) is 14.0. The quantitative estimate of drug-likeness (QED) is 0.642. The number of carboxylic acids is 1. The lowest BCUT2D eigenvalue weighted by molar-refractivity contribution is -0.136. The number of hydrogen-bond donors (Lipinski definition) is 1. The molecule has 0 saturated heterocycles. The van der Waals surface area contributed by atoms with Crippen molar-refractivity contribution in [2.75, 3.05) is 4.90 Å². The van der Waals surface area contributed by atoms with Crippen molar-refractivity contribution < 1.29 is 19.4 Å². The number of aliphatic carboxylic acids is 1. The van der Waals surface area contributed by atoms with Crippen molar-refractivity contribution in [3.8, 4) is 5.75 Å². The zero-order valence-corrected chi connectivity index (χ0v) is 16.2. The Labute approximate surface area is 173 Å². The van der Waals surface area contributed by atoms with Crippen LogP contribution in [0.1, 0.15) is 27.0 Å². The van der Waals surface area contributed by atoms with Gasteiger partial charge in [-0.05, 0) is 35.4 Å². The van der Waals surface area contributed by atoms with Crippen LogP contribution in [0, 0.1) is 0 Å². The highest BCUT2D eigenvalue weighted by Crippen LogP contribution is 2.38. The number of fused-ring (bicyclic) bond motifs is 1. The summed E-state index contributed by atoms with van der Waals surface area (Å²) in [5.41, 5.74) is 3.60. The van der Waals surface area contributed by atoms with Crippen LogP contribution in [0.5, 0.6) is 5.75 Å². The monoisotopic (exact) mass is 407 g/mol. The SMILES string of the molecule is O=C(O)Cc1ccc(N2Cc3c(OCc4ccccc4)ccc(Cl)c3C2=O)cc1. The van der Waals surface area contributed by atoms with E-state index in [0.29, 0.717) is 40.7 Å². The molecule has 4 rings (SSSR count). The van der Waals surface area contributed by atoms with Gasteiger partial charge in [0, 0.05) is 11.3 Å². The summed E-state index contributed by atoms with van der Waals surface area (Å²) in [5, 5.41) is 9.30. The Kier molecular flexibility index (Phi) is 5.23. The zero-order chi connectivity index (χ0) is 20.4. The maximum Gasteiger partial charge on any atom is 0.307 e. The van der Waals surface area contributed by atoms with E-state index >= 15 is 0 Å². The summed E-state index contributed by atoms with van der Waals surface area (Å²) >= 11 is 6.32. The molecular weight excluding hydrogens is 390 g/mol. The van der Waals surface area contributed by atoms with Gasteiger partial charge in [0.2, 0.25) is 0 Å². The predicted molar refractivity (Wildman–Crippen MR) is 111 cm³/mol. The zero-order valence-electron chi connectivity index (χ0n) is 15.5. The average molecular weight is 408 g/mol. The van der Waals surface area contributed by atoms with Crippen molar-refractivity contribution >= 4 is 29.2 Å². The molecule has 5 nitrogen and oxygen atoms in total. The minimum absolute atomic E-state index is 0.0578. The third-order valence-corrected chi connectivity index (χ3v) is 5.15. The van der Waals surface area contributed by atoms with Crippen molar-refractivity contribution in [2.45, 2.75) is 19.6 Å². The first-order valence-corrected chi connectivity index (χ1v) is 9.51. The fourth-order valence-electron chi connectivity index (χ4n) is 3.40. The number of carbonyl (C=O) groups is 2. The highest BCUT2D eigenvalue weighted by Gasteiger charge is 2.33. The van der Waals surface area contributed by atoms with Crippen LogP contribution >= 0.6 is 11.6 Å². The van der Waals surface area contributed by atoms with E-state index in [1.165, 1.54) is 0 Å². The molecule has 1 amide bonds. The summed E-state index contributed by atoms with van der Waals surface area (Å²) in [6, 6.07) is 20.2. The normalized spacial score (nSPS) is 12.7. The molecule has 1 aliphatic rings. The summed E-state index contributed by atoms with van der Waals surface area (Å²) in [4.78, 5) is 25.5. The van der Waals surface area contributed by atoms with Gasteiger partial charge in [-0.3, -0.25) is 9.59 Å². The third-order valence-electron chi connectivity index (χ3n) is 4.83. The largest absolute Gasteiger partial charge is 0.489 e. The standard InChI is InChI=1S/C23H18ClNO4/c24-19-10-11-20(29-14-16-4-2-1-3-5-16)18-13-25(23(28)22(18)19)17-8-6-15(7-9-17)12-21(26)27/h1-11H,12-14H2,(H,26,27). The second-order valence-electron chi connectivity index (χ2n) is 6.80. The average Bonchev–Trinajstić information content (AvgIpc) is 3.07. The van der Waals surface area contributed by atoms with Gasteiger partial charge in [-0.25, -0.2) is 0 Å². The summed E-state index contributed by atoms with van der Waals surface area (Å²) < 4.78 is 5.98. The molecular formula is C23H18ClNO4. The van der Waals surface area contributed by atoms with Crippen LogP contribution in [-0.2, 0) is 24.4 Å². The molecule has 3 aromatic rings. The van der Waals surface area contributed by atoms with Gasteiger partial charge in [0.15, 0.2) is 0 Å². The Hall–Kier alpha value is -3.31. The Balaban J connectivity index is 1.58. The summed E-state index contributed by atoms with van der Waals surface area (Å²) in [5.74, 6) is -0.456. The van der Waals surface area contributed by atoms with Crippen LogP contribution in [0.3, 0.4) is 0 Å². The Morgan fingerprint density at radius 2 is 1.72 bits per heavy atom. The van der Waals surface area contributed by atoms with E-state index in [0.717, 1.165) is 11.1 Å². The van der Waals surface area contributed by atoms with Gasteiger partial charge in [-0.2, -0.15) is 0 Å². The molecule has 29 heavy (non-hydrogen) atoms. The molecule has 0 atom stereocenters. The smallest absolute Gasteiger partial charge is 0.307 e. The molecule has 0 radical (unpaired) electrons. The molecule has 1 heterocycles. The van der Waals surface area contributed by atoms with Gasteiger partial charge in [0.1, 0.15) is 12.4 Å². The van der Waals surface area contributed by atoms with Crippen molar-refractivity contribution in [1.82, 2.24) is 0 Å². The number of hydrogen-bond acceptors (Lipinski definition) is 3. The molecule has 0 saturated carbocycles. The number of rotatable bonds is 6. The number of anilines is 1. The van der Waals surface area contributed by atoms with Gasteiger partial charge in [-0.15, -0.1) is 0 Å². The number of benzene rings is 3. The maximum absolute atomic E-state index is 13.0. The van der Waals surface area contributed by atoms with Crippen LogP contribution in [0.4, 0.5) is 5.69 Å². The number of halogens is 1. The summed E-state index contributed by atoms with van der Waals surface area (Å²) in [6.45, 7) is 0.740. The lowest BCUT2D eigenvalue weighted by atomic mass is 10.1. The Morgan fingerprint density at radius 1 is 1.00 bits per heavy atom. The second-order valence-corrected chi connectivity index (χ2v) is 7.21. The minimum atomic E-state index is -0.894. The number of carboxylic acid groups (broad SMARTS) is 1. The van der Waals surface area contributed by atoms with E-state index in [1.54, 1.807) is 41.3 Å². The topological polar surface area (TPSA) is 66.8 Å². The predicted octanol–water partition coefficient (Wildman–Crippen LogP) is 4.71. The van der Waals surface area contributed by atoms with Crippen molar-refractivity contribution in [2.24, 2.45) is 0 Å². The fourth-order valence-corrected chi connectivity index (χ4v) is 3.66. The molecule has 146 valence electrons. The van der Waals surface area contributed by atoms with E-state index in [2.05, 4.69) is 0 Å². The molecule has 1 N–H and O–H groups in total. The molecule has 0 aliphatic carbocycles. The van der Waals surface area contributed by atoms with Crippen LogP contribution in [0.15, 0.2) is 66.7 Å². The van der Waals surface area contributed by atoms with Gasteiger partial charge in [0.05, 0.1) is 23.6 Å². The first-order valence-electron chi connectivity index (χ1n) is 9.13. The van der Waals surface area contributed by atoms with E-state index in [-0.39, 0.29) is 12.3 Å². The number of amides is 1. The maximum atomic E-state index is 13.0. The highest BCUT2D eigenvalue weighted by atomic mass is 35.5. The lowest BCUT2D eigenvalue weighted by Crippen LogP contribution is -2.23. The molecule has 0 bridgehead atoms. The van der Waals surface area contributed by atoms with Crippen LogP contribution in [0.25, 0.3) is 0 Å². The molecule has 0 spiro atoms. The number of carbonyl (C=O) groups excluding carboxylic acids is 1. The van der Waals surface area contributed by atoms with Crippen molar-refractivity contribution in [1.29, 1.82) is 0 Å². The van der Waals surface area contributed by atoms with Gasteiger partial charge >= 0.3 is 5.97 Å². The Morgan fingerprint density at radius 3 is 2.41 bits per heavy atom. The van der Waals surface area contributed by atoms with Crippen LogP contribution < -0.4 is 9.64 Å². The van der Waals surface area contributed by atoms with Crippen LogP contribution in [0.2, 0.25) is 5.02 Å². The number of nitrogens with zero attached hydrogens (tertiary/aromatic N) is 1. The van der Waals surface area contributed by atoms with E-state index in [4.69, 9.17) is 21.4 Å². The van der Waals surface area contributed by atoms with Crippen molar-refractivity contribution in [3.05, 3.63) is 94.0 Å². The molecule has 0 unspecified atom stereocenters. The third kappa shape index (κ3) is 3.96. The molecule has 0 aromatic heterocycles. The highest BCUT2D eigenvalue weighted by molar-refractivity contribution is 6.35. The fraction of sp³-hybridized carbons (Fsp3) is 0.130. The molecule has 0 fully saturated rings. The molecule has 3 aromatic carbocycles. The summed E-state index contributed by atoms with van der Waals surface area (Å²) in [7, 11) is 0. The lowest BCUT2D eigenvalue weighted by Gasteiger charge is -2.16. The van der Waals surface area contributed by atoms with Gasteiger partial charge < -0.3 is 14.7 Å². The van der Waals surface area contributed by atoms with Gasteiger partial charge in [-0.1, -0.05) is 54.1 Å². The minimum Gasteiger partial charge on any atom is -0.489 e. The molecule has 1 aliphatic heterocycles. The second kappa shape index (κ2) is 7.97. The molecule has 6 heteroatoms. The van der Waals surface area contributed by atoms with E-state index in [9.17, 15) is 9.59 Å².